The molecule has 2 heterocycles. The molecule has 7 aromatic rings. The van der Waals surface area contributed by atoms with Gasteiger partial charge in [-0.05, 0) is 63.0 Å². The van der Waals surface area contributed by atoms with E-state index in [1.54, 1.807) is 0 Å². The lowest BCUT2D eigenvalue weighted by molar-refractivity contribution is 0.263. The predicted octanol–water partition coefficient (Wildman–Crippen LogP) is 10.4. The normalized spacial score (nSPS) is 18.6. The average molecular weight is 608 g/mol. The summed E-state index contributed by atoms with van der Waals surface area (Å²) in [6.45, 7) is 0. The van der Waals surface area contributed by atoms with Gasteiger partial charge >= 0.3 is 0 Å². The molecule has 9 rings (SSSR count). The van der Waals surface area contributed by atoms with Gasteiger partial charge in [-0.1, -0.05) is 140 Å². The van der Waals surface area contributed by atoms with Gasteiger partial charge in [0.2, 0.25) is 0 Å². The molecule has 3 unspecified atom stereocenters. The van der Waals surface area contributed by atoms with Gasteiger partial charge in [0.05, 0.1) is 17.8 Å². The Labute approximate surface area is 274 Å². The zero-order valence-corrected chi connectivity index (χ0v) is 25.8. The van der Waals surface area contributed by atoms with Gasteiger partial charge in [-0.2, -0.15) is 0 Å². The van der Waals surface area contributed by atoms with Crippen LogP contribution < -0.4 is 15.4 Å². The quantitative estimate of drug-likeness (QED) is 0.191. The first-order valence-electron chi connectivity index (χ1n) is 16.3. The molecule has 0 saturated carbocycles. The number of benzene rings is 7. The number of nitrogens with one attached hydrogen (secondary N) is 2. The molecule has 0 amide bonds. The standard InChI is InChI=1S/C43H33N3O/c1-4-11-28(12-5-1)32-17-10-18-34(25-32)39-27-38(29-13-6-2-7-14-29)44-42(45-39)35-21-23-36-33(26-35)20-19-30-22-24-37-41(40(30)36)47-43(46-37)31-15-8-3-9-16-31/h1-26,38-39,43,46H,27H2,(H,44,45). The smallest absolute Gasteiger partial charge is 0.196 e. The highest BCUT2D eigenvalue weighted by Crippen LogP contribution is 2.46. The number of rotatable bonds is 5. The molecule has 3 atom stereocenters. The van der Waals surface area contributed by atoms with Gasteiger partial charge in [0.25, 0.3) is 0 Å². The summed E-state index contributed by atoms with van der Waals surface area (Å²) in [5.41, 5.74) is 8.14. The second-order valence-corrected chi connectivity index (χ2v) is 12.4. The third kappa shape index (κ3) is 5.08. The van der Waals surface area contributed by atoms with E-state index in [1.165, 1.54) is 27.6 Å². The van der Waals surface area contributed by atoms with Crippen LogP contribution in [0.1, 0.15) is 47.0 Å². The van der Waals surface area contributed by atoms with E-state index in [0.717, 1.165) is 51.0 Å². The zero-order chi connectivity index (χ0) is 31.2. The van der Waals surface area contributed by atoms with E-state index >= 15 is 0 Å². The Balaban J connectivity index is 1.12. The molecule has 2 aliphatic heterocycles. The number of nitrogens with zero attached hydrogens (tertiary/aromatic N) is 1. The fraction of sp³-hybridized carbons (Fsp3) is 0.0930. The maximum absolute atomic E-state index is 6.58. The lowest BCUT2D eigenvalue weighted by Gasteiger charge is -2.31. The fourth-order valence-electron chi connectivity index (χ4n) is 7.10. The van der Waals surface area contributed by atoms with Crippen molar-refractivity contribution >= 4 is 33.1 Å². The van der Waals surface area contributed by atoms with Crippen LogP contribution in [0.25, 0.3) is 32.7 Å². The summed E-state index contributed by atoms with van der Waals surface area (Å²) in [7, 11) is 0. The number of aliphatic imine (C=N–C) groups is 1. The maximum atomic E-state index is 6.58. The average Bonchev–Trinajstić information content (AvgIpc) is 3.60. The van der Waals surface area contributed by atoms with Crippen molar-refractivity contribution in [1.82, 2.24) is 5.32 Å². The van der Waals surface area contributed by atoms with E-state index < -0.39 is 0 Å². The minimum atomic E-state index is -0.209. The highest BCUT2D eigenvalue weighted by Gasteiger charge is 2.28. The Morgan fingerprint density at radius 3 is 2.02 bits per heavy atom. The van der Waals surface area contributed by atoms with E-state index in [2.05, 4.69) is 150 Å². The molecule has 4 heteroatoms. The minimum Gasteiger partial charge on any atom is -0.464 e. The number of hydrogen-bond acceptors (Lipinski definition) is 4. The Morgan fingerprint density at radius 1 is 0.532 bits per heavy atom. The van der Waals surface area contributed by atoms with Gasteiger partial charge in [0, 0.05) is 16.5 Å². The van der Waals surface area contributed by atoms with Crippen LogP contribution in [0.4, 0.5) is 5.69 Å². The van der Waals surface area contributed by atoms with Crippen molar-refractivity contribution < 1.29 is 4.74 Å². The van der Waals surface area contributed by atoms with Gasteiger partial charge in [-0.3, -0.25) is 4.99 Å². The summed E-state index contributed by atoms with van der Waals surface area (Å²) in [5.74, 6) is 1.83. The van der Waals surface area contributed by atoms with Crippen LogP contribution in [0, 0.1) is 0 Å². The van der Waals surface area contributed by atoms with Gasteiger partial charge < -0.3 is 15.4 Å². The van der Waals surface area contributed by atoms with Crippen molar-refractivity contribution in [1.29, 1.82) is 0 Å². The molecule has 0 saturated heterocycles. The summed E-state index contributed by atoms with van der Waals surface area (Å²) < 4.78 is 6.58. The predicted molar refractivity (Wildman–Crippen MR) is 193 cm³/mol. The van der Waals surface area contributed by atoms with Crippen molar-refractivity contribution in [2.45, 2.75) is 24.7 Å². The first-order chi connectivity index (χ1) is 23.3. The molecular weight excluding hydrogens is 574 g/mol. The molecule has 0 radical (unpaired) electrons. The van der Waals surface area contributed by atoms with Gasteiger partial charge in [0.1, 0.15) is 5.84 Å². The number of anilines is 1. The Hall–Kier alpha value is -5.87. The lowest BCUT2D eigenvalue weighted by Crippen LogP contribution is -2.34. The lowest BCUT2D eigenvalue weighted by atomic mass is 9.91. The Morgan fingerprint density at radius 2 is 1.21 bits per heavy atom. The first kappa shape index (κ1) is 27.4. The van der Waals surface area contributed by atoms with Crippen LogP contribution in [0.2, 0.25) is 0 Å². The third-order valence-corrected chi connectivity index (χ3v) is 9.49. The van der Waals surface area contributed by atoms with Crippen LogP contribution in [0.5, 0.6) is 5.75 Å². The molecule has 226 valence electrons. The van der Waals surface area contributed by atoms with Crippen molar-refractivity contribution in [2.24, 2.45) is 4.99 Å². The molecule has 0 spiro atoms. The number of fused-ring (bicyclic) bond motifs is 5. The highest BCUT2D eigenvalue weighted by atomic mass is 16.5. The summed E-state index contributed by atoms with van der Waals surface area (Å²) in [5, 5.41) is 12.0. The van der Waals surface area contributed by atoms with Crippen molar-refractivity contribution in [3.05, 3.63) is 180 Å². The molecule has 4 nitrogen and oxygen atoms in total. The Bertz CT molecular complexity index is 2260. The molecule has 0 aliphatic carbocycles. The maximum Gasteiger partial charge on any atom is 0.196 e. The summed E-state index contributed by atoms with van der Waals surface area (Å²) in [6.07, 6.45) is 0.669. The monoisotopic (exact) mass is 607 g/mol. The number of amidine groups is 1. The minimum absolute atomic E-state index is 0.0186. The van der Waals surface area contributed by atoms with Gasteiger partial charge in [-0.25, -0.2) is 0 Å². The molecule has 2 N–H and O–H groups in total. The van der Waals surface area contributed by atoms with E-state index in [9.17, 15) is 0 Å². The van der Waals surface area contributed by atoms with Gasteiger partial charge in [-0.15, -0.1) is 0 Å². The fourth-order valence-corrected chi connectivity index (χ4v) is 7.10. The van der Waals surface area contributed by atoms with Crippen LogP contribution in [-0.4, -0.2) is 5.84 Å². The van der Waals surface area contributed by atoms with Crippen molar-refractivity contribution in [2.75, 3.05) is 5.32 Å². The highest BCUT2D eigenvalue weighted by molar-refractivity contribution is 6.14. The summed E-state index contributed by atoms with van der Waals surface area (Å²) in [4.78, 5) is 5.37. The molecule has 0 bridgehead atoms. The zero-order valence-electron chi connectivity index (χ0n) is 25.8. The molecule has 0 aromatic heterocycles. The SMILES string of the molecule is c1ccc(-c2cccc(C3CC(c4ccccc4)NC(c4ccc5c(ccc6ccc7c(c65)OC(c5ccccc5)N7)c4)=N3)c2)cc1. The van der Waals surface area contributed by atoms with Crippen LogP contribution in [-0.2, 0) is 0 Å². The topological polar surface area (TPSA) is 45.6 Å². The summed E-state index contributed by atoms with van der Waals surface area (Å²) >= 11 is 0. The molecule has 7 aromatic carbocycles. The first-order valence-corrected chi connectivity index (χ1v) is 16.3. The molecule has 47 heavy (non-hydrogen) atoms. The molecule has 2 aliphatic rings. The van der Waals surface area contributed by atoms with Crippen molar-refractivity contribution in [3.8, 4) is 16.9 Å². The number of hydrogen-bond donors (Lipinski definition) is 2. The van der Waals surface area contributed by atoms with Crippen LogP contribution in [0.15, 0.2) is 163 Å². The van der Waals surface area contributed by atoms with Crippen molar-refractivity contribution in [3.63, 3.8) is 0 Å². The van der Waals surface area contributed by atoms with Crippen LogP contribution >= 0.6 is 0 Å². The molecule has 0 fully saturated rings. The van der Waals surface area contributed by atoms with E-state index in [1.807, 2.05) is 18.2 Å². The second kappa shape index (κ2) is 11.5. The van der Waals surface area contributed by atoms with E-state index in [0.29, 0.717) is 0 Å². The second-order valence-electron chi connectivity index (χ2n) is 12.4. The molecular formula is C43H33N3O. The summed E-state index contributed by atoms with van der Waals surface area (Å²) in [6, 6.07) is 56.1. The Kier molecular flexibility index (Phi) is 6.71. The third-order valence-electron chi connectivity index (χ3n) is 9.49. The van der Waals surface area contributed by atoms with Gasteiger partial charge in [0.15, 0.2) is 12.0 Å². The van der Waals surface area contributed by atoms with Crippen LogP contribution in [0.3, 0.4) is 0 Å². The largest absolute Gasteiger partial charge is 0.464 e. The van der Waals surface area contributed by atoms with E-state index in [-0.39, 0.29) is 18.3 Å². The van der Waals surface area contributed by atoms with E-state index in [4.69, 9.17) is 9.73 Å². The number of ether oxygens (including phenoxy) is 1.